The van der Waals surface area contributed by atoms with E-state index < -0.39 is 15.8 Å². The largest absolute Gasteiger partial charge is 0.395 e. The Labute approximate surface area is 120 Å². The highest BCUT2D eigenvalue weighted by Gasteiger charge is 2.28. The lowest BCUT2D eigenvalue weighted by molar-refractivity contribution is 0.333. The maximum atomic E-state index is 13.5. The zero-order chi connectivity index (χ0) is 15.5. The minimum Gasteiger partial charge on any atom is -0.395 e. The molecule has 2 N–H and O–H groups in total. The fourth-order valence-corrected chi connectivity index (χ4v) is 3.86. The van der Waals surface area contributed by atoms with Gasteiger partial charge in [0.2, 0.25) is 10.0 Å². The van der Waals surface area contributed by atoms with E-state index in [-0.39, 0.29) is 22.4 Å². The van der Waals surface area contributed by atoms with E-state index in [1.54, 1.807) is 0 Å². The van der Waals surface area contributed by atoms with Gasteiger partial charge in [0.25, 0.3) is 0 Å². The summed E-state index contributed by atoms with van der Waals surface area (Å²) in [5.74, 6) is -0.350. The fourth-order valence-electron chi connectivity index (χ4n) is 1.97. The van der Waals surface area contributed by atoms with Crippen molar-refractivity contribution in [2.24, 2.45) is 11.8 Å². The second-order valence-corrected chi connectivity index (χ2v) is 7.67. The molecule has 0 saturated carbocycles. The summed E-state index contributed by atoms with van der Waals surface area (Å²) in [4.78, 5) is -0.154. The molecular weight excluding hydrogens is 279 g/mol. The predicted octanol–water partition coefficient (Wildman–Crippen LogP) is 2.71. The van der Waals surface area contributed by atoms with Crippen LogP contribution in [0.1, 0.15) is 27.7 Å². The normalized spacial score (nSPS) is 12.6. The summed E-state index contributed by atoms with van der Waals surface area (Å²) in [6, 6.07) is 3.87. The maximum Gasteiger partial charge on any atom is 0.245 e. The van der Waals surface area contributed by atoms with Gasteiger partial charge in [-0.2, -0.15) is 4.31 Å². The van der Waals surface area contributed by atoms with Crippen LogP contribution in [0.5, 0.6) is 0 Å². The number of nitrogen functional groups attached to an aromatic ring is 1. The Morgan fingerprint density at radius 2 is 1.65 bits per heavy atom. The van der Waals surface area contributed by atoms with E-state index in [9.17, 15) is 12.8 Å². The summed E-state index contributed by atoms with van der Waals surface area (Å²) in [5.41, 5.74) is 5.27. The third kappa shape index (κ3) is 3.93. The van der Waals surface area contributed by atoms with E-state index in [0.29, 0.717) is 13.1 Å². The fraction of sp³-hybridized carbons (Fsp3) is 0.571. The first-order valence-electron chi connectivity index (χ1n) is 6.70. The minimum absolute atomic E-state index is 0.154. The van der Waals surface area contributed by atoms with Gasteiger partial charge in [-0.3, -0.25) is 0 Å². The van der Waals surface area contributed by atoms with Crippen LogP contribution >= 0.6 is 0 Å². The average molecular weight is 302 g/mol. The van der Waals surface area contributed by atoms with Crippen molar-refractivity contribution in [1.82, 2.24) is 4.31 Å². The molecule has 0 saturated heterocycles. The number of sulfonamides is 1. The first-order chi connectivity index (χ1) is 9.16. The second-order valence-electron chi connectivity index (χ2n) is 5.76. The van der Waals surface area contributed by atoms with Gasteiger partial charge in [0.05, 0.1) is 5.69 Å². The lowest BCUT2D eigenvalue weighted by Gasteiger charge is -2.26. The average Bonchev–Trinajstić information content (AvgIpc) is 2.30. The molecular formula is C14H23FN2O2S. The highest BCUT2D eigenvalue weighted by atomic mass is 32.2. The topological polar surface area (TPSA) is 63.4 Å². The number of rotatable bonds is 6. The highest BCUT2D eigenvalue weighted by Crippen LogP contribution is 2.25. The molecule has 0 spiro atoms. The molecule has 0 fully saturated rings. The molecule has 0 aliphatic rings. The molecule has 114 valence electrons. The van der Waals surface area contributed by atoms with Crippen molar-refractivity contribution in [3.63, 3.8) is 0 Å². The van der Waals surface area contributed by atoms with Gasteiger partial charge in [-0.05, 0) is 24.0 Å². The molecule has 4 nitrogen and oxygen atoms in total. The van der Waals surface area contributed by atoms with Crippen molar-refractivity contribution in [2.45, 2.75) is 32.6 Å². The molecule has 0 radical (unpaired) electrons. The summed E-state index contributed by atoms with van der Waals surface area (Å²) >= 11 is 0. The Balaban J connectivity index is 3.25. The predicted molar refractivity (Wildman–Crippen MR) is 79.2 cm³/mol. The van der Waals surface area contributed by atoms with E-state index in [2.05, 4.69) is 0 Å². The van der Waals surface area contributed by atoms with E-state index in [1.807, 2.05) is 27.7 Å². The zero-order valence-corrected chi connectivity index (χ0v) is 13.2. The van der Waals surface area contributed by atoms with E-state index in [4.69, 9.17) is 5.73 Å². The van der Waals surface area contributed by atoms with Gasteiger partial charge >= 0.3 is 0 Å². The van der Waals surface area contributed by atoms with Crippen LogP contribution in [-0.4, -0.2) is 25.8 Å². The molecule has 0 aliphatic carbocycles. The number of benzene rings is 1. The summed E-state index contributed by atoms with van der Waals surface area (Å²) in [6.45, 7) is 8.54. The number of para-hydroxylation sites is 1. The van der Waals surface area contributed by atoms with Crippen molar-refractivity contribution < 1.29 is 12.8 Å². The molecule has 0 bridgehead atoms. The van der Waals surface area contributed by atoms with E-state index >= 15 is 0 Å². The molecule has 20 heavy (non-hydrogen) atoms. The maximum absolute atomic E-state index is 13.5. The van der Waals surface area contributed by atoms with Crippen LogP contribution in [0.4, 0.5) is 10.1 Å². The molecule has 1 rings (SSSR count). The van der Waals surface area contributed by atoms with Gasteiger partial charge in [0, 0.05) is 13.1 Å². The van der Waals surface area contributed by atoms with Crippen LogP contribution in [0.15, 0.2) is 23.1 Å². The van der Waals surface area contributed by atoms with E-state index in [0.717, 1.165) is 6.07 Å². The van der Waals surface area contributed by atoms with Gasteiger partial charge in [-0.15, -0.1) is 0 Å². The Hall–Kier alpha value is -1.14. The number of hydrogen-bond acceptors (Lipinski definition) is 3. The Morgan fingerprint density at radius 3 is 2.10 bits per heavy atom. The number of halogens is 1. The molecule has 0 heterocycles. The Kier molecular flexibility index (Phi) is 5.53. The smallest absolute Gasteiger partial charge is 0.245 e. The minimum atomic E-state index is -3.78. The second kappa shape index (κ2) is 6.54. The molecule has 0 atom stereocenters. The van der Waals surface area contributed by atoms with Crippen molar-refractivity contribution >= 4 is 15.7 Å². The SMILES string of the molecule is CC(C)CN(CC(C)C)S(=O)(=O)c1cccc(F)c1N. The van der Waals surface area contributed by atoms with Gasteiger partial charge in [-0.25, -0.2) is 12.8 Å². The van der Waals surface area contributed by atoms with Crippen LogP contribution in [0.25, 0.3) is 0 Å². The zero-order valence-electron chi connectivity index (χ0n) is 12.4. The molecule has 1 aromatic carbocycles. The highest BCUT2D eigenvalue weighted by molar-refractivity contribution is 7.89. The summed E-state index contributed by atoms with van der Waals surface area (Å²) in [6.07, 6.45) is 0. The molecule has 0 amide bonds. The van der Waals surface area contributed by atoms with Crippen molar-refractivity contribution in [3.05, 3.63) is 24.0 Å². The van der Waals surface area contributed by atoms with Crippen molar-refractivity contribution in [1.29, 1.82) is 0 Å². The molecule has 6 heteroatoms. The number of hydrogen-bond donors (Lipinski definition) is 1. The standard InChI is InChI=1S/C14H23FN2O2S/c1-10(2)8-17(9-11(3)4)20(18,19)13-7-5-6-12(15)14(13)16/h5-7,10-11H,8-9,16H2,1-4H3. The van der Waals surface area contributed by atoms with Gasteiger partial charge < -0.3 is 5.73 Å². The quantitative estimate of drug-likeness (QED) is 0.822. The molecule has 0 aliphatic heterocycles. The van der Waals surface area contributed by atoms with Crippen LogP contribution in [0.3, 0.4) is 0 Å². The van der Waals surface area contributed by atoms with Gasteiger partial charge in [0.1, 0.15) is 10.7 Å². The third-order valence-corrected chi connectivity index (χ3v) is 4.66. The number of anilines is 1. The van der Waals surface area contributed by atoms with Crippen LogP contribution in [0.2, 0.25) is 0 Å². The molecule has 0 aromatic heterocycles. The lowest BCUT2D eigenvalue weighted by atomic mass is 10.2. The molecule has 1 aromatic rings. The lowest BCUT2D eigenvalue weighted by Crippen LogP contribution is -2.37. The Bertz CT molecular complexity index is 546. The summed E-state index contributed by atoms with van der Waals surface area (Å²) in [7, 11) is -3.78. The van der Waals surface area contributed by atoms with Crippen molar-refractivity contribution in [2.75, 3.05) is 18.8 Å². The number of nitrogens with two attached hydrogens (primary N) is 1. The van der Waals surface area contributed by atoms with Crippen LogP contribution < -0.4 is 5.73 Å². The van der Waals surface area contributed by atoms with Crippen molar-refractivity contribution in [3.8, 4) is 0 Å². The Morgan fingerprint density at radius 1 is 1.15 bits per heavy atom. The van der Waals surface area contributed by atoms with E-state index in [1.165, 1.54) is 16.4 Å². The van der Waals surface area contributed by atoms with Crippen LogP contribution in [0, 0.1) is 17.7 Å². The summed E-state index contributed by atoms with van der Waals surface area (Å²) < 4.78 is 40.2. The third-order valence-electron chi connectivity index (χ3n) is 2.77. The van der Waals surface area contributed by atoms with Crippen LogP contribution in [-0.2, 0) is 10.0 Å². The monoisotopic (exact) mass is 302 g/mol. The van der Waals surface area contributed by atoms with Gasteiger partial charge in [-0.1, -0.05) is 33.8 Å². The first-order valence-corrected chi connectivity index (χ1v) is 8.14. The number of nitrogens with zero attached hydrogens (tertiary/aromatic N) is 1. The summed E-state index contributed by atoms with van der Waals surface area (Å²) in [5, 5.41) is 0. The molecule has 0 unspecified atom stereocenters. The first kappa shape index (κ1) is 16.9. The van der Waals surface area contributed by atoms with Gasteiger partial charge in [0.15, 0.2) is 0 Å².